The number of β-amino-alcohol motifs (C(OH)–C–C–N with tert-alkyl or cyclic N) is 2. The number of benzene rings is 2. The first-order valence-electron chi connectivity index (χ1n) is 18.6. The summed E-state index contributed by atoms with van der Waals surface area (Å²) >= 11 is 0. The third-order valence-corrected chi connectivity index (χ3v) is 11.8. The van der Waals surface area contributed by atoms with Crippen LogP contribution in [0.25, 0.3) is 24.3 Å². The molecular weight excluding hydrogens is 717 g/mol. The maximum absolute atomic E-state index is 12.7. The first-order valence-corrected chi connectivity index (χ1v) is 21.1. The fourth-order valence-electron chi connectivity index (χ4n) is 6.48. The Morgan fingerprint density at radius 1 is 0.630 bits per heavy atom. The zero-order valence-electron chi connectivity index (χ0n) is 30.5. The molecule has 2 aromatic carbocycles. The summed E-state index contributed by atoms with van der Waals surface area (Å²) in [6.07, 6.45) is 13.1. The lowest BCUT2D eigenvalue weighted by molar-refractivity contribution is -0.686. The Bertz CT molecular complexity index is 1750. The zero-order valence-corrected chi connectivity index (χ0v) is 32.1. The topological polar surface area (TPSA) is 113 Å². The van der Waals surface area contributed by atoms with E-state index in [2.05, 4.69) is 69.0 Å². The number of rotatable bonds is 17. The maximum atomic E-state index is 12.7. The van der Waals surface area contributed by atoms with E-state index in [-0.39, 0.29) is 37.1 Å². The highest BCUT2D eigenvalue weighted by Gasteiger charge is 2.21. The number of carbonyl (C=O) groups excluding carboxylic acids is 2. The molecule has 2 atom stereocenters. The van der Waals surface area contributed by atoms with E-state index in [9.17, 15) is 19.8 Å². The van der Waals surface area contributed by atoms with E-state index in [0.29, 0.717) is 26.2 Å². The average Bonchev–Trinajstić information content (AvgIpc) is 3.83. The van der Waals surface area contributed by atoms with Gasteiger partial charge < -0.3 is 30.6 Å². The van der Waals surface area contributed by atoms with Crippen LogP contribution >= 0.6 is 21.6 Å². The number of pyridine rings is 2. The predicted molar refractivity (Wildman–Crippen MR) is 221 cm³/mol. The van der Waals surface area contributed by atoms with Gasteiger partial charge in [-0.05, 0) is 72.5 Å². The molecule has 4 aromatic rings. The minimum absolute atomic E-state index is 0.0413. The lowest BCUT2D eigenvalue weighted by atomic mass is 10.1. The summed E-state index contributed by atoms with van der Waals surface area (Å²) in [4.78, 5) is 29.9. The molecule has 0 radical (unpaired) electrons. The zero-order chi connectivity index (χ0) is 37.5. The Morgan fingerprint density at radius 3 is 1.44 bits per heavy atom. The molecule has 4 N–H and O–H groups in total. The van der Waals surface area contributed by atoms with Crippen molar-refractivity contribution >= 4 is 69.1 Å². The summed E-state index contributed by atoms with van der Waals surface area (Å²) in [5.74, 6) is 1.45. The van der Waals surface area contributed by atoms with E-state index >= 15 is 0 Å². The smallest absolute Gasteiger partial charge is 0.286 e. The molecule has 2 fully saturated rings. The molecule has 0 aliphatic carbocycles. The monoisotopic (exact) mass is 766 g/mol. The largest absolute Gasteiger partial charge is 0.391 e. The lowest BCUT2D eigenvalue weighted by Gasteiger charge is -2.17. The Hall–Kier alpha value is -4.62. The van der Waals surface area contributed by atoms with Crippen LogP contribution in [0.5, 0.6) is 0 Å². The van der Waals surface area contributed by atoms with Crippen LogP contribution in [0.4, 0.5) is 11.4 Å². The predicted octanol–water partition coefficient (Wildman–Crippen LogP) is 4.06. The quantitative estimate of drug-likeness (QED) is 0.0724. The fourth-order valence-corrected chi connectivity index (χ4v) is 8.29. The fraction of sp³-hybridized carbons (Fsp3) is 0.333. The number of aliphatic hydroxyl groups is 2. The van der Waals surface area contributed by atoms with Crippen LogP contribution in [-0.4, -0.2) is 85.0 Å². The number of carbonyl (C=O) groups is 2. The number of hydrogen-bond donors (Lipinski definition) is 4. The van der Waals surface area contributed by atoms with Crippen molar-refractivity contribution in [1.82, 2.24) is 10.6 Å². The van der Waals surface area contributed by atoms with Crippen molar-refractivity contribution in [1.29, 1.82) is 0 Å². The molecule has 6 rings (SSSR count). The van der Waals surface area contributed by atoms with Crippen molar-refractivity contribution in [2.24, 2.45) is 0 Å². The van der Waals surface area contributed by atoms with Gasteiger partial charge in [-0.1, -0.05) is 45.9 Å². The van der Waals surface area contributed by atoms with Crippen molar-refractivity contribution in [3.05, 3.63) is 120 Å². The molecule has 2 aliphatic heterocycles. The standard InChI is InChI=1S/C42H48N6O4S2/c49-39-19-25-47(29-39)37-15-9-33(10-16-37)7-13-35-5-1-3-23-45(35)31-41(51)43-21-27-53-54-28-22-44-42(52)32-46-24-4-2-6-36(46)14-8-34-11-17-38(18-12-34)48-26-20-40(50)30-48/h1-18,23-24,39-40,49-50H,19-22,25-32H2/p+2. The van der Waals surface area contributed by atoms with Crippen LogP contribution in [0.3, 0.4) is 0 Å². The Balaban J connectivity index is 0.850. The van der Waals surface area contributed by atoms with Gasteiger partial charge in [0.2, 0.25) is 24.5 Å². The van der Waals surface area contributed by atoms with E-state index in [0.717, 1.165) is 71.3 Å². The third kappa shape index (κ3) is 11.9. The summed E-state index contributed by atoms with van der Waals surface area (Å²) in [7, 11) is 3.36. The molecule has 282 valence electrons. The highest BCUT2D eigenvalue weighted by molar-refractivity contribution is 8.76. The van der Waals surface area contributed by atoms with Crippen LogP contribution < -0.4 is 29.6 Å². The molecule has 2 unspecified atom stereocenters. The molecule has 4 heterocycles. The number of aromatic nitrogens is 2. The van der Waals surface area contributed by atoms with E-state index in [4.69, 9.17) is 0 Å². The molecule has 10 nitrogen and oxygen atoms in total. The molecule has 2 aliphatic rings. The van der Waals surface area contributed by atoms with Crippen molar-refractivity contribution in [3.8, 4) is 0 Å². The van der Waals surface area contributed by atoms with Crippen LogP contribution in [0.1, 0.15) is 35.4 Å². The van der Waals surface area contributed by atoms with Gasteiger partial charge in [0.15, 0.2) is 12.4 Å². The number of nitrogens with one attached hydrogen (secondary N) is 2. The summed E-state index contributed by atoms with van der Waals surface area (Å²) in [6, 6.07) is 28.4. The molecule has 0 bridgehead atoms. The number of anilines is 2. The Morgan fingerprint density at radius 2 is 1.06 bits per heavy atom. The summed E-state index contributed by atoms with van der Waals surface area (Å²) in [5, 5.41) is 25.7. The summed E-state index contributed by atoms with van der Waals surface area (Å²) in [5.41, 5.74) is 6.25. The van der Waals surface area contributed by atoms with E-state index < -0.39 is 0 Å². The van der Waals surface area contributed by atoms with Gasteiger partial charge in [-0.25, -0.2) is 0 Å². The average molecular weight is 767 g/mol. The van der Waals surface area contributed by atoms with E-state index in [1.165, 1.54) is 0 Å². The first-order chi connectivity index (χ1) is 26.4. The minimum Gasteiger partial charge on any atom is -0.391 e. The lowest BCUT2D eigenvalue weighted by Crippen LogP contribution is -2.45. The van der Waals surface area contributed by atoms with Crippen molar-refractivity contribution in [2.45, 2.75) is 38.1 Å². The summed E-state index contributed by atoms with van der Waals surface area (Å²) < 4.78 is 3.87. The number of nitrogens with zero attached hydrogens (tertiary/aromatic N) is 4. The van der Waals surface area contributed by atoms with Gasteiger partial charge in [-0.2, -0.15) is 9.13 Å². The van der Waals surface area contributed by atoms with Crippen molar-refractivity contribution in [3.63, 3.8) is 0 Å². The highest BCUT2D eigenvalue weighted by atomic mass is 33.1. The van der Waals surface area contributed by atoms with Gasteiger partial charge in [-0.3, -0.25) is 9.59 Å². The molecular formula is C42H50N6O4S2+2. The SMILES string of the molecule is O=C(C[n+]1ccccc1/C=C/c1ccc(N2CCC(O)C2)cc1)NCCSSCCNC(=O)C[n+]1ccccc1/C=C/c1ccc(N2CCC(O)C2)cc1. The number of amides is 2. The number of aliphatic hydroxyl groups excluding tert-OH is 2. The molecule has 54 heavy (non-hydrogen) atoms. The molecule has 12 heteroatoms. The molecule has 2 amide bonds. The van der Waals surface area contributed by atoms with Crippen LogP contribution in [0, 0.1) is 0 Å². The van der Waals surface area contributed by atoms with Crippen molar-refractivity contribution < 1.29 is 28.9 Å². The van der Waals surface area contributed by atoms with Gasteiger partial charge in [0.05, 0.1) is 12.2 Å². The molecule has 0 spiro atoms. The molecule has 2 aromatic heterocycles. The van der Waals surface area contributed by atoms with Gasteiger partial charge >= 0.3 is 0 Å². The van der Waals surface area contributed by atoms with Crippen molar-refractivity contribution in [2.75, 3.05) is 60.6 Å². The van der Waals surface area contributed by atoms with Gasteiger partial charge in [0.25, 0.3) is 11.8 Å². The summed E-state index contributed by atoms with van der Waals surface area (Å²) in [6.45, 7) is 4.70. The third-order valence-electron chi connectivity index (χ3n) is 9.41. The van der Waals surface area contributed by atoms with Gasteiger partial charge in [0.1, 0.15) is 0 Å². The Labute approximate surface area is 326 Å². The Kier molecular flexibility index (Phi) is 14.6. The second-order valence-corrected chi connectivity index (χ2v) is 16.2. The normalized spacial score (nSPS) is 17.1. The second kappa shape index (κ2) is 20.2. The van der Waals surface area contributed by atoms with Crippen LogP contribution in [0.15, 0.2) is 97.3 Å². The van der Waals surface area contributed by atoms with Gasteiger partial charge in [-0.15, -0.1) is 0 Å². The maximum Gasteiger partial charge on any atom is 0.286 e. The highest BCUT2D eigenvalue weighted by Crippen LogP contribution is 2.23. The van der Waals surface area contributed by atoms with E-state index in [1.807, 2.05) is 82.2 Å². The van der Waals surface area contributed by atoms with Gasteiger partial charge in [0, 0.05) is 98.6 Å². The van der Waals surface area contributed by atoms with E-state index in [1.54, 1.807) is 21.6 Å². The minimum atomic E-state index is -0.248. The molecule has 0 saturated carbocycles. The van der Waals surface area contributed by atoms with Crippen LogP contribution in [0.2, 0.25) is 0 Å². The first kappa shape index (κ1) is 39.1. The number of hydrogen-bond acceptors (Lipinski definition) is 8. The van der Waals surface area contributed by atoms with Crippen LogP contribution in [-0.2, 0) is 22.7 Å². The second-order valence-electron chi connectivity index (χ2n) is 13.5. The molecule has 2 saturated heterocycles.